The first-order valence-electron chi connectivity index (χ1n) is 8.07. The van der Waals surface area contributed by atoms with Crippen LogP contribution in [0.3, 0.4) is 0 Å². The molecule has 0 radical (unpaired) electrons. The first-order chi connectivity index (χ1) is 11.6. The summed E-state index contributed by atoms with van der Waals surface area (Å²) in [5.41, 5.74) is 2.25. The molecule has 140 valence electrons. The second-order valence-corrected chi connectivity index (χ2v) is 5.75. The standard InChI is InChI=1S/C18H20N4O2.2ClH/c1-3-11-19-12(2)20-18-13-7-4-5-8-14(13)21-15-9-6-10-16(17(15)18)22(23)24;;/h4-10,12,19H,3,11H2,1-2H3,(H,20,21);2*1H. The maximum Gasteiger partial charge on any atom is 0.280 e. The molecule has 1 aromatic heterocycles. The molecule has 0 aliphatic heterocycles. The SMILES string of the molecule is CCCNC(C)Nc1c2ccccc2nc2cccc([N+](=O)[O-])c12.Cl.Cl. The van der Waals surface area contributed by atoms with Crippen molar-refractivity contribution < 1.29 is 4.92 Å². The Hall–Kier alpha value is -2.15. The summed E-state index contributed by atoms with van der Waals surface area (Å²) in [5, 5.41) is 19.7. The summed E-state index contributed by atoms with van der Waals surface area (Å²) in [6, 6.07) is 12.7. The van der Waals surface area contributed by atoms with E-state index in [2.05, 4.69) is 22.5 Å². The number of fused-ring (bicyclic) bond motifs is 2. The summed E-state index contributed by atoms with van der Waals surface area (Å²) in [6.45, 7) is 4.98. The van der Waals surface area contributed by atoms with E-state index in [0.29, 0.717) is 10.9 Å². The normalized spacial score (nSPS) is 11.5. The van der Waals surface area contributed by atoms with Crippen LogP contribution in [0.1, 0.15) is 20.3 Å². The van der Waals surface area contributed by atoms with Gasteiger partial charge in [0.05, 0.1) is 27.8 Å². The van der Waals surface area contributed by atoms with Gasteiger partial charge in [-0.1, -0.05) is 31.2 Å². The number of pyridine rings is 1. The number of nitrogens with zero attached hydrogens (tertiary/aromatic N) is 2. The Labute approximate surface area is 164 Å². The summed E-state index contributed by atoms with van der Waals surface area (Å²) < 4.78 is 0. The molecule has 2 N–H and O–H groups in total. The zero-order valence-corrected chi connectivity index (χ0v) is 16.2. The second-order valence-electron chi connectivity index (χ2n) is 5.75. The quantitative estimate of drug-likeness (QED) is 0.268. The van der Waals surface area contributed by atoms with Crippen molar-refractivity contribution >= 4 is 58.0 Å². The minimum Gasteiger partial charge on any atom is -0.369 e. The monoisotopic (exact) mass is 396 g/mol. The van der Waals surface area contributed by atoms with Crippen molar-refractivity contribution in [3.63, 3.8) is 0 Å². The zero-order valence-electron chi connectivity index (χ0n) is 14.6. The fourth-order valence-corrected chi connectivity index (χ4v) is 2.86. The molecule has 0 saturated carbocycles. The van der Waals surface area contributed by atoms with Crippen molar-refractivity contribution in [2.45, 2.75) is 26.4 Å². The number of non-ortho nitro benzene ring substituents is 1. The number of halogens is 2. The number of para-hydroxylation sites is 1. The molecule has 6 nitrogen and oxygen atoms in total. The number of hydrogen-bond acceptors (Lipinski definition) is 5. The van der Waals surface area contributed by atoms with E-state index in [-0.39, 0.29) is 41.6 Å². The zero-order chi connectivity index (χ0) is 17.1. The van der Waals surface area contributed by atoms with Crippen LogP contribution in [0.15, 0.2) is 42.5 Å². The minimum atomic E-state index is -0.353. The number of anilines is 1. The molecule has 26 heavy (non-hydrogen) atoms. The molecule has 3 aromatic rings. The van der Waals surface area contributed by atoms with Gasteiger partial charge in [0.2, 0.25) is 0 Å². The van der Waals surface area contributed by atoms with Gasteiger partial charge >= 0.3 is 0 Å². The fourth-order valence-electron chi connectivity index (χ4n) is 2.86. The molecule has 0 amide bonds. The van der Waals surface area contributed by atoms with E-state index in [0.717, 1.165) is 29.6 Å². The number of benzene rings is 2. The van der Waals surface area contributed by atoms with Gasteiger partial charge < -0.3 is 5.32 Å². The first-order valence-corrected chi connectivity index (χ1v) is 8.07. The highest BCUT2D eigenvalue weighted by molar-refractivity contribution is 6.11. The van der Waals surface area contributed by atoms with E-state index in [1.165, 1.54) is 6.07 Å². The number of hydrogen-bond donors (Lipinski definition) is 2. The van der Waals surface area contributed by atoms with Crippen molar-refractivity contribution in [2.75, 3.05) is 11.9 Å². The topological polar surface area (TPSA) is 80.1 Å². The third-order valence-corrected chi connectivity index (χ3v) is 3.94. The van der Waals surface area contributed by atoms with E-state index in [4.69, 9.17) is 0 Å². The average Bonchev–Trinajstić information content (AvgIpc) is 2.59. The molecular formula is C18H22Cl2N4O2. The van der Waals surface area contributed by atoms with Crippen molar-refractivity contribution in [1.82, 2.24) is 10.3 Å². The van der Waals surface area contributed by atoms with Gasteiger partial charge in [-0.3, -0.25) is 15.4 Å². The molecular weight excluding hydrogens is 375 g/mol. The number of nitro groups is 1. The largest absolute Gasteiger partial charge is 0.369 e. The average molecular weight is 397 g/mol. The maximum atomic E-state index is 11.5. The van der Waals surface area contributed by atoms with Crippen molar-refractivity contribution in [2.24, 2.45) is 0 Å². The van der Waals surface area contributed by atoms with E-state index in [1.807, 2.05) is 37.3 Å². The van der Waals surface area contributed by atoms with Gasteiger partial charge in [0.15, 0.2) is 0 Å². The number of rotatable bonds is 6. The van der Waals surface area contributed by atoms with Crippen LogP contribution in [0.4, 0.5) is 11.4 Å². The smallest absolute Gasteiger partial charge is 0.280 e. The Morgan fingerprint density at radius 2 is 1.81 bits per heavy atom. The molecule has 0 aliphatic rings. The van der Waals surface area contributed by atoms with Crippen molar-refractivity contribution in [3.8, 4) is 0 Å². The Balaban J connectivity index is 0.00000169. The van der Waals surface area contributed by atoms with Gasteiger partial charge in [-0.15, -0.1) is 24.8 Å². The van der Waals surface area contributed by atoms with Gasteiger partial charge in [0, 0.05) is 11.5 Å². The van der Waals surface area contributed by atoms with Crippen LogP contribution in [0.25, 0.3) is 21.8 Å². The Bertz CT molecular complexity index is 905. The van der Waals surface area contributed by atoms with Crippen LogP contribution in [0.5, 0.6) is 0 Å². The van der Waals surface area contributed by atoms with Gasteiger partial charge in [0.1, 0.15) is 5.39 Å². The summed E-state index contributed by atoms with van der Waals surface area (Å²) in [7, 11) is 0. The maximum absolute atomic E-state index is 11.5. The van der Waals surface area contributed by atoms with Crippen molar-refractivity contribution in [3.05, 3.63) is 52.6 Å². The van der Waals surface area contributed by atoms with Gasteiger partial charge in [-0.05, 0) is 32.0 Å². The number of nitro benzene ring substituents is 1. The van der Waals surface area contributed by atoms with Crippen LogP contribution < -0.4 is 10.6 Å². The molecule has 0 aliphatic carbocycles. The molecule has 8 heteroatoms. The van der Waals surface area contributed by atoms with Crippen LogP contribution >= 0.6 is 24.8 Å². The molecule has 0 bridgehead atoms. The lowest BCUT2D eigenvalue weighted by atomic mass is 10.1. The molecule has 1 heterocycles. The Morgan fingerprint density at radius 1 is 1.12 bits per heavy atom. The Morgan fingerprint density at radius 3 is 2.50 bits per heavy atom. The van der Waals surface area contributed by atoms with Crippen LogP contribution in [0.2, 0.25) is 0 Å². The fraction of sp³-hybridized carbons (Fsp3) is 0.278. The van der Waals surface area contributed by atoms with Gasteiger partial charge in [-0.25, -0.2) is 4.98 Å². The summed E-state index contributed by atoms with van der Waals surface area (Å²) >= 11 is 0. The molecule has 1 atom stereocenters. The van der Waals surface area contributed by atoms with E-state index < -0.39 is 0 Å². The summed E-state index contributed by atoms with van der Waals surface area (Å²) in [4.78, 5) is 15.7. The van der Waals surface area contributed by atoms with Gasteiger partial charge in [-0.2, -0.15) is 0 Å². The van der Waals surface area contributed by atoms with Crippen LogP contribution in [0, 0.1) is 10.1 Å². The molecule has 0 spiro atoms. The summed E-state index contributed by atoms with van der Waals surface area (Å²) in [5.74, 6) is 0. The highest BCUT2D eigenvalue weighted by atomic mass is 35.5. The first kappa shape index (κ1) is 21.9. The van der Waals surface area contributed by atoms with Crippen molar-refractivity contribution in [1.29, 1.82) is 0 Å². The minimum absolute atomic E-state index is 0. The lowest BCUT2D eigenvalue weighted by molar-refractivity contribution is -0.383. The molecule has 3 rings (SSSR count). The molecule has 0 fully saturated rings. The van der Waals surface area contributed by atoms with E-state index >= 15 is 0 Å². The lowest BCUT2D eigenvalue weighted by Gasteiger charge is -2.19. The molecule has 1 unspecified atom stereocenters. The van der Waals surface area contributed by atoms with Crippen LogP contribution in [-0.4, -0.2) is 22.6 Å². The Kier molecular flexibility index (Phi) is 8.02. The number of nitrogens with one attached hydrogen (secondary N) is 2. The summed E-state index contributed by atoms with van der Waals surface area (Å²) in [6.07, 6.45) is 1.00. The number of aromatic nitrogens is 1. The predicted molar refractivity (Wildman–Crippen MR) is 112 cm³/mol. The lowest BCUT2D eigenvalue weighted by Crippen LogP contribution is -2.33. The second kappa shape index (κ2) is 9.52. The predicted octanol–water partition coefficient (Wildman–Crippen LogP) is 4.90. The molecule has 2 aromatic carbocycles. The van der Waals surface area contributed by atoms with E-state index in [9.17, 15) is 10.1 Å². The molecule has 0 saturated heterocycles. The third-order valence-electron chi connectivity index (χ3n) is 3.94. The van der Waals surface area contributed by atoms with E-state index in [1.54, 1.807) is 6.07 Å². The highest BCUT2D eigenvalue weighted by Crippen LogP contribution is 2.36. The third kappa shape index (κ3) is 4.33. The van der Waals surface area contributed by atoms with Gasteiger partial charge in [0.25, 0.3) is 5.69 Å². The van der Waals surface area contributed by atoms with Crippen LogP contribution in [-0.2, 0) is 0 Å². The highest BCUT2D eigenvalue weighted by Gasteiger charge is 2.19.